The molecular weight excluding hydrogens is 356 g/mol. The molecule has 0 radical (unpaired) electrons. The third-order valence-electron chi connectivity index (χ3n) is 4.98. The predicted molar refractivity (Wildman–Crippen MR) is 111 cm³/mol. The summed E-state index contributed by atoms with van der Waals surface area (Å²) in [6.07, 6.45) is 3.52. The van der Waals surface area contributed by atoms with Gasteiger partial charge in [-0.3, -0.25) is 9.59 Å². The van der Waals surface area contributed by atoms with Crippen LogP contribution in [0.15, 0.2) is 41.3 Å². The maximum atomic E-state index is 12.4. The first-order chi connectivity index (χ1) is 12.9. The maximum absolute atomic E-state index is 12.4. The van der Waals surface area contributed by atoms with E-state index in [0.29, 0.717) is 5.75 Å². The Bertz CT molecular complexity index is 843. The summed E-state index contributed by atoms with van der Waals surface area (Å²) in [6.45, 7) is 3.98. The molecule has 0 spiro atoms. The lowest BCUT2D eigenvalue weighted by atomic mass is 10.1. The van der Waals surface area contributed by atoms with E-state index in [1.54, 1.807) is 7.05 Å². The summed E-state index contributed by atoms with van der Waals surface area (Å²) >= 11 is 1.54. The van der Waals surface area contributed by atoms with E-state index in [-0.39, 0.29) is 18.4 Å². The van der Waals surface area contributed by atoms with Gasteiger partial charge in [-0.2, -0.15) is 0 Å². The zero-order valence-corrected chi connectivity index (χ0v) is 17.0. The van der Waals surface area contributed by atoms with Crippen LogP contribution < -0.4 is 5.32 Å². The van der Waals surface area contributed by atoms with Gasteiger partial charge in [-0.25, -0.2) is 0 Å². The summed E-state index contributed by atoms with van der Waals surface area (Å²) in [6, 6.07) is 12.4. The first-order valence-electron chi connectivity index (χ1n) is 9.28. The lowest BCUT2D eigenvalue weighted by Crippen LogP contribution is -2.36. The molecule has 0 heterocycles. The van der Waals surface area contributed by atoms with Crippen molar-refractivity contribution in [3.05, 3.63) is 58.7 Å². The van der Waals surface area contributed by atoms with Crippen molar-refractivity contribution in [3.63, 3.8) is 0 Å². The van der Waals surface area contributed by atoms with Crippen molar-refractivity contribution < 1.29 is 9.59 Å². The van der Waals surface area contributed by atoms with Gasteiger partial charge >= 0.3 is 0 Å². The van der Waals surface area contributed by atoms with E-state index < -0.39 is 0 Å². The minimum Gasteiger partial charge on any atom is -0.336 e. The topological polar surface area (TPSA) is 49.4 Å². The highest BCUT2D eigenvalue weighted by molar-refractivity contribution is 8.00. The Balaban J connectivity index is 1.50. The van der Waals surface area contributed by atoms with Crippen molar-refractivity contribution in [1.82, 2.24) is 4.90 Å². The second-order valence-corrected chi connectivity index (χ2v) is 8.19. The molecule has 0 saturated carbocycles. The van der Waals surface area contributed by atoms with E-state index in [9.17, 15) is 9.59 Å². The number of carbonyl (C=O) groups excluding carboxylic acids is 2. The van der Waals surface area contributed by atoms with Gasteiger partial charge in [0.2, 0.25) is 11.8 Å². The molecule has 0 fully saturated rings. The number of rotatable bonds is 6. The Labute approximate surface area is 165 Å². The van der Waals surface area contributed by atoms with Crippen molar-refractivity contribution in [2.24, 2.45) is 0 Å². The summed E-state index contributed by atoms with van der Waals surface area (Å²) in [5, 5.41) is 2.93. The van der Waals surface area contributed by atoms with Crippen LogP contribution in [0.4, 0.5) is 5.69 Å². The summed E-state index contributed by atoms with van der Waals surface area (Å²) in [4.78, 5) is 27.3. The highest BCUT2D eigenvalue weighted by Crippen LogP contribution is 2.27. The third kappa shape index (κ3) is 4.92. The molecule has 0 aromatic heterocycles. The molecule has 0 bridgehead atoms. The number of benzene rings is 2. The number of likely N-dealkylation sites (N-methyl/N-ethyl adjacent to an activating group) is 1. The van der Waals surface area contributed by atoms with Crippen molar-refractivity contribution in [2.45, 2.75) is 38.0 Å². The minimum absolute atomic E-state index is 0.0443. The number of para-hydroxylation sites is 1. The van der Waals surface area contributed by atoms with Crippen LogP contribution in [0.1, 0.15) is 28.7 Å². The van der Waals surface area contributed by atoms with Crippen molar-refractivity contribution in [1.29, 1.82) is 0 Å². The summed E-state index contributed by atoms with van der Waals surface area (Å²) in [5.74, 6) is 0.120. The number of carbonyl (C=O) groups is 2. The molecule has 2 amide bonds. The third-order valence-corrected chi connectivity index (χ3v) is 5.96. The Morgan fingerprint density at radius 1 is 1.07 bits per heavy atom. The maximum Gasteiger partial charge on any atom is 0.243 e. The van der Waals surface area contributed by atoms with Gasteiger partial charge in [0.25, 0.3) is 0 Å². The zero-order chi connectivity index (χ0) is 19.4. The summed E-state index contributed by atoms with van der Waals surface area (Å²) < 4.78 is 0. The van der Waals surface area contributed by atoms with Gasteiger partial charge < -0.3 is 10.2 Å². The number of aryl methyl sites for hydroxylation is 4. The van der Waals surface area contributed by atoms with E-state index in [4.69, 9.17) is 0 Å². The molecule has 4 nitrogen and oxygen atoms in total. The van der Waals surface area contributed by atoms with Crippen LogP contribution in [0.25, 0.3) is 0 Å². The van der Waals surface area contributed by atoms with Gasteiger partial charge in [0.15, 0.2) is 0 Å². The van der Waals surface area contributed by atoms with Gasteiger partial charge in [0.1, 0.15) is 0 Å². The number of anilines is 1. The Hall–Kier alpha value is -2.27. The lowest BCUT2D eigenvalue weighted by molar-refractivity contribution is -0.131. The second-order valence-electron chi connectivity index (χ2n) is 7.14. The normalized spacial score (nSPS) is 12.6. The van der Waals surface area contributed by atoms with Gasteiger partial charge in [-0.05, 0) is 67.5 Å². The van der Waals surface area contributed by atoms with Crippen molar-refractivity contribution in [3.8, 4) is 0 Å². The first kappa shape index (κ1) is 19.5. The van der Waals surface area contributed by atoms with E-state index in [1.807, 2.05) is 32.0 Å². The van der Waals surface area contributed by atoms with E-state index in [0.717, 1.165) is 34.6 Å². The van der Waals surface area contributed by atoms with Gasteiger partial charge in [-0.1, -0.05) is 24.3 Å². The molecule has 5 heteroatoms. The molecular formula is C22H26N2O2S. The molecule has 27 heavy (non-hydrogen) atoms. The number of nitrogens with one attached hydrogen (secondary N) is 1. The first-order valence-corrected chi connectivity index (χ1v) is 10.3. The number of hydrogen-bond donors (Lipinski definition) is 1. The molecule has 0 atom stereocenters. The number of hydrogen-bond acceptors (Lipinski definition) is 3. The molecule has 2 aromatic carbocycles. The fourth-order valence-electron chi connectivity index (χ4n) is 3.39. The van der Waals surface area contributed by atoms with Crippen LogP contribution in [0.5, 0.6) is 0 Å². The fourth-order valence-corrected chi connectivity index (χ4v) is 4.29. The number of nitrogens with zero attached hydrogens (tertiary/aromatic N) is 1. The largest absolute Gasteiger partial charge is 0.336 e. The van der Waals surface area contributed by atoms with Crippen LogP contribution in [-0.4, -0.2) is 36.1 Å². The molecule has 0 aliphatic heterocycles. The van der Waals surface area contributed by atoms with E-state index in [2.05, 4.69) is 23.5 Å². The SMILES string of the molecule is Cc1cccc(C)c1NC(=O)CN(C)C(=O)CSc1ccc2c(c1)CCC2. The lowest BCUT2D eigenvalue weighted by Gasteiger charge is -2.18. The summed E-state index contributed by atoms with van der Waals surface area (Å²) in [5.41, 5.74) is 5.71. The number of thioether (sulfide) groups is 1. The smallest absolute Gasteiger partial charge is 0.243 e. The van der Waals surface area contributed by atoms with E-state index in [1.165, 1.54) is 34.2 Å². The fraction of sp³-hybridized carbons (Fsp3) is 0.364. The molecule has 1 N–H and O–H groups in total. The Morgan fingerprint density at radius 2 is 1.78 bits per heavy atom. The van der Waals surface area contributed by atoms with Gasteiger partial charge in [0.05, 0.1) is 12.3 Å². The Kier molecular flexibility index (Phi) is 6.22. The number of amides is 2. The monoisotopic (exact) mass is 382 g/mol. The Morgan fingerprint density at radius 3 is 2.52 bits per heavy atom. The molecule has 0 saturated heterocycles. The van der Waals surface area contributed by atoms with Crippen molar-refractivity contribution in [2.75, 3.05) is 24.7 Å². The second kappa shape index (κ2) is 8.61. The highest BCUT2D eigenvalue weighted by atomic mass is 32.2. The van der Waals surface area contributed by atoms with E-state index >= 15 is 0 Å². The average molecular weight is 383 g/mol. The quantitative estimate of drug-likeness (QED) is 0.769. The summed E-state index contributed by atoms with van der Waals surface area (Å²) in [7, 11) is 1.68. The molecule has 1 aliphatic rings. The average Bonchev–Trinajstić information content (AvgIpc) is 3.10. The molecule has 2 aromatic rings. The highest BCUT2D eigenvalue weighted by Gasteiger charge is 2.16. The van der Waals surface area contributed by atoms with Gasteiger partial charge in [-0.15, -0.1) is 11.8 Å². The van der Waals surface area contributed by atoms with Crippen molar-refractivity contribution >= 4 is 29.3 Å². The van der Waals surface area contributed by atoms with Crippen LogP contribution in [0, 0.1) is 13.8 Å². The van der Waals surface area contributed by atoms with Gasteiger partial charge in [0, 0.05) is 17.6 Å². The molecule has 3 rings (SSSR count). The minimum atomic E-state index is -0.175. The molecule has 0 unspecified atom stereocenters. The zero-order valence-electron chi connectivity index (χ0n) is 16.2. The predicted octanol–water partition coefficient (Wildman–Crippen LogP) is 3.98. The van der Waals surface area contributed by atoms with Crippen LogP contribution in [0.2, 0.25) is 0 Å². The molecule has 142 valence electrons. The molecule has 1 aliphatic carbocycles. The number of fused-ring (bicyclic) bond motifs is 1. The van der Waals surface area contributed by atoms with Crippen LogP contribution in [0.3, 0.4) is 0 Å². The van der Waals surface area contributed by atoms with Crippen LogP contribution in [-0.2, 0) is 22.4 Å². The van der Waals surface area contributed by atoms with Crippen LogP contribution >= 0.6 is 11.8 Å². The standard InChI is InChI=1S/C22H26N2O2S/c1-15-6-4-7-16(2)22(15)23-20(25)13-24(3)21(26)14-27-19-11-10-17-8-5-9-18(17)12-19/h4,6-7,10-12H,5,8-9,13-14H2,1-3H3,(H,23,25).